The van der Waals surface area contributed by atoms with Crippen LogP contribution in [0.4, 0.5) is 20.2 Å². The van der Waals surface area contributed by atoms with Gasteiger partial charge in [-0.2, -0.15) is 0 Å². The first-order valence-electron chi connectivity index (χ1n) is 11.0. The van der Waals surface area contributed by atoms with E-state index in [-0.39, 0.29) is 40.7 Å². The lowest BCUT2D eigenvalue weighted by Gasteiger charge is -2.34. The van der Waals surface area contributed by atoms with Gasteiger partial charge in [-0.1, -0.05) is 29.3 Å². The minimum Gasteiger partial charge on any atom is -0.376 e. The summed E-state index contributed by atoms with van der Waals surface area (Å²) in [6.07, 6.45) is 1.23. The van der Waals surface area contributed by atoms with Crippen molar-refractivity contribution in [1.29, 1.82) is 0 Å². The molecule has 2 amide bonds. The van der Waals surface area contributed by atoms with Gasteiger partial charge in [0.05, 0.1) is 22.3 Å². The molecule has 2 aromatic carbocycles. The molecule has 1 atom stereocenters. The zero-order valence-corrected chi connectivity index (χ0v) is 20.6. The number of amides is 2. The molecule has 0 saturated carbocycles. The van der Waals surface area contributed by atoms with Crippen molar-refractivity contribution >= 4 is 46.4 Å². The van der Waals surface area contributed by atoms with E-state index in [0.29, 0.717) is 42.9 Å². The van der Waals surface area contributed by atoms with Crippen molar-refractivity contribution < 1.29 is 18.4 Å². The Bertz CT molecular complexity index is 1030. The maximum absolute atomic E-state index is 14.1. The van der Waals surface area contributed by atoms with Gasteiger partial charge in [0.2, 0.25) is 11.8 Å². The molecule has 6 nitrogen and oxygen atoms in total. The molecule has 0 bridgehead atoms. The second-order valence-corrected chi connectivity index (χ2v) is 9.46. The molecule has 0 spiro atoms. The minimum atomic E-state index is -0.625. The molecule has 1 aliphatic rings. The Morgan fingerprint density at radius 1 is 1.18 bits per heavy atom. The van der Waals surface area contributed by atoms with Crippen molar-refractivity contribution in [3.8, 4) is 0 Å². The summed E-state index contributed by atoms with van der Waals surface area (Å²) in [6.45, 7) is 1.63. The summed E-state index contributed by atoms with van der Waals surface area (Å²) in [5, 5.41) is 6.33. The average Bonchev–Trinajstić information content (AvgIpc) is 2.75. The fraction of sp³-hybridized carbons (Fsp3) is 0.417. The van der Waals surface area contributed by atoms with Gasteiger partial charge in [0.1, 0.15) is 11.6 Å². The van der Waals surface area contributed by atoms with Crippen LogP contribution in [0.15, 0.2) is 30.3 Å². The maximum Gasteiger partial charge on any atom is 0.239 e. The van der Waals surface area contributed by atoms with Gasteiger partial charge in [0.15, 0.2) is 0 Å². The third kappa shape index (κ3) is 7.04. The van der Waals surface area contributed by atoms with E-state index in [2.05, 4.69) is 10.6 Å². The maximum atomic E-state index is 14.1. The van der Waals surface area contributed by atoms with Gasteiger partial charge in [-0.3, -0.25) is 9.59 Å². The highest BCUT2D eigenvalue weighted by molar-refractivity contribution is 6.40. The van der Waals surface area contributed by atoms with Crippen LogP contribution in [0.1, 0.15) is 18.4 Å². The van der Waals surface area contributed by atoms with E-state index in [1.54, 1.807) is 12.1 Å². The summed E-state index contributed by atoms with van der Waals surface area (Å²) in [7, 11) is 3.85. The van der Waals surface area contributed by atoms with E-state index in [1.807, 2.05) is 19.0 Å². The van der Waals surface area contributed by atoms with E-state index in [1.165, 1.54) is 17.0 Å². The Labute approximate surface area is 208 Å². The fourth-order valence-electron chi connectivity index (χ4n) is 3.88. The number of likely N-dealkylation sites (N-methyl/N-ethyl adjacent to an activating group) is 1. The van der Waals surface area contributed by atoms with Crippen LogP contribution in [0.5, 0.6) is 0 Å². The van der Waals surface area contributed by atoms with Crippen LogP contribution in [-0.2, 0) is 16.0 Å². The lowest BCUT2D eigenvalue weighted by molar-refractivity contribution is -0.120. The van der Waals surface area contributed by atoms with Gasteiger partial charge < -0.3 is 20.4 Å². The number of carbonyl (C=O) groups excluding carboxylic acids is 2. The third-order valence-corrected chi connectivity index (χ3v) is 6.23. The van der Waals surface area contributed by atoms with Crippen molar-refractivity contribution in [2.75, 3.05) is 50.5 Å². The zero-order chi connectivity index (χ0) is 24.8. The van der Waals surface area contributed by atoms with Crippen LogP contribution in [0.2, 0.25) is 10.0 Å². The van der Waals surface area contributed by atoms with Crippen molar-refractivity contribution in [2.45, 2.75) is 19.3 Å². The average molecular weight is 513 g/mol. The van der Waals surface area contributed by atoms with Gasteiger partial charge in [0.25, 0.3) is 0 Å². The Balaban J connectivity index is 1.66. The SMILES string of the molecule is CN(C)CCNC(=O)CNc1cc(Cl)c(N2CC(Cc3ccc(F)cc3F)CCC2=O)c(Cl)c1. The van der Waals surface area contributed by atoms with Gasteiger partial charge in [-0.15, -0.1) is 0 Å². The van der Waals surface area contributed by atoms with Gasteiger partial charge in [-0.05, 0) is 56.6 Å². The fourth-order valence-corrected chi connectivity index (χ4v) is 4.57. The standard InChI is InChI=1S/C24H28Cl2F2N4O2/c1-31(2)8-7-29-22(33)13-30-18-11-19(25)24(20(26)12-18)32-14-15(3-6-23(32)34)9-16-4-5-17(27)10-21(16)28/h4-5,10-12,15,30H,3,6-9,13-14H2,1-2H3,(H,29,33). The van der Waals surface area contributed by atoms with Crippen LogP contribution in [0.25, 0.3) is 0 Å². The highest BCUT2D eigenvalue weighted by Crippen LogP contribution is 2.39. The lowest BCUT2D eigenvalue weighted by Crippen LogP contribution is -2.41. The Kier molecular flexibility index (Phi) is 9.10. The number of hydrogen-bond donors (Lipinski definition) is 2. The molecule has 1 heterocycles. The molecule has 1 saturated heterocycles. The monoisotopic (exact) mass is 512 g/mol. The second kappa shape index (κ2) is 11.8. The van der Waals surface area contributed by atoms with Crippen molar-refractivity contribution in [1.82, 2.24) is 10.2 Å². The number of hydrogen-bond acceptors (Lipinski definition) is 4. The second-order valence-electron chi connectivity index (χ2n) is 8.64. The molecule has 3 rings (SSSR count). The molecule has 10 heteroatoms. The Hall–Kier alpha value is -2.42. The molecule has 184 valence electrons. The number of anilines is 2. The molecule has 1 fully saturated rings. The van der Waals surface area contributed by atoms with Crippen molar-refractivity contribution in [3.05, 3.63) is 57.6 Å². The molecule has 34 heavy (non-hydrogen) atoms. The normalized spacial score (nSPS) is 16.1. The minimum absolute atomic E-state index is 0.0338. The predicted molar refractivity (Wildman–Crippen MR) is 132 cm³/mol. The number of rotatable bonds is 9. The highest BCUT2D eigenvalue weighted by Gasteiger charge is 2.30. The number of piperidine rings is 1. The number of benzene rings is 2. The highest BCUT2D eigenvalue weighted by atomic mass is 35.5. The molecule has 0 aliphatic carbocycles. The first kappa shape index (κ1) is 26.2. The largest absolute Gasteiger partial charge is 0.376 e. The van der Waals surface area contributed by atoms with E-state index >= 15 is 0 Å². The zero-order valence-electron chi connectivity index (χ0n) is 19.1. The summed E-state index contributed by atoms with van der Waals surface area (Å²) >= 11 is 13.0. The van der Waals surface area contributed by atoms with Crippen LogP contribution in [0.3, 0.4) is 0 Å². The summed E-state index contributed by atoms with van der Waals surface area (Å²) in [5.41, 5.74) is 1.34. The predicted octanol–water partition coefficient (Wildman–Crippen LogP) is 4.35. The molecule has 0 aromatic heterocycles. The van der Waals surface area contributed by atoms with E-state index in [0.717, 1.165) is 12.6 Å². The molecule has 1 aliphatic heterocycles. The molecular weight excluding hydrogens is 485 g/mol. The van der Waals surface area contributed by atoms with Crippen molar-refractivity contribution in [2.24, 2.45) is 5.92 Å². The van der Waals surface area contributed by atoms with Gasteiger partial charge in [-0.25, -0.2) is 8.78 Å². The summed E-state index contributed by atoms with van der Waals surface area (Å²) in [6, 6.07) is 6.76. The molecule has 2 aromatic rings. The first-order valence-corrected chi connectivity index (χ1v) is 11.8. The smallest absolute Gasteiger partial charge is 0.239 e. The van der Waals surface area contributed by atoms with E-state index in [4.69, 9.17) is 23.2 Å². The molecule has 2 N–H and O–H groups in total. The number of nitrogens with one attached hydrogen (secondary N) is 2. The van der Waals surface area contributed by atoms with E-state index < -0.39 is 11.6 Å². The molecular formula is C24H28Cl2F2N4O2. The topological polar surface area (TPSA) is 64.7 Å². The summed E-state index contributed by atoms with van der Waals surface area (Å²) < 4.78 is 27.3. The van der Waals surface area contributed by atoms with Crippen LogP contribution in [0, 0.1) is 17.6 Å². The Morgan fingerprint density at radius 2 is 1.88 bits per heavy atom. The van der Waals surface area contributed by atoms with E-state index in [9.17, 15) is 18.4 Å². The van der Waals surface area contributed by atoms with Crippen LogP contribution < -0.4 is 15.5 Å². The lowest BCUT2D eigenvalue weighted by atomic mass is 9.90. The van der Waals surface area contributed by atoms with Crippen LogP contribution in [-0.4, -0.2) is 57.0 Å². The quantitative estimate of drug-likeness (QED) is 0.524. The molecule has 1 unspecified atom stereocenters. The van der Waals surface area contributed by atoms with Crippen LogP contribution >= 0.6 is 23.2 Å². The van der Waals surface area contributed by atoms with Crippen molar-refractivity contribution in [3.63, 3.8) is 0 Å². The third-order valence-electron chi connectivity index (χ3n) is 5.65. The van der Waals surface area contributed by atoms with Gasteiger partial charge in [0, 0.05) is 37.8 Å². The number of nitrogens with zero attached hydrogens (tertiary/aromatic N) is 2. The number of carbonyl (C=O) groups is 2. The Morgan fingerprint density at radius 3 is 2.53 bits per heavy atom. The number of halogens is 4. The first-order chi connectivity index (χ1) is 16.1. The van der Waals surface area contributed by atoms with Gasteiger partial charge >= 0.3 is 0 Å². The summed E-state index contributed by atoms with van der Waals surface area (Å²) in [4.78, 5) is 28.2. The summed E-state index contributed by atoms with van der Waals surface area (Å²) in [5.74, 6) is -1.55. The molecule has 0 radical (unpaired) electrons.